The van der Waals surface area contributed by atoms with E-state index in [-0.39, 0.29) is 4.90 Å². The van der Waals surface area contributed by atoms with Crippen molar-refractivity contribution in [1.29, 1.82) is 0 Å². The van der Waals surface area contributed by atoms with Crippen LogP contribution in [0.2, 0.25) is 0 Å². The minimum Gasteiger partial charge on any atom is -0.492 e. The Bertz CT molecular complexity index is 1370. The molecule has 9 heteroatoms. The first-order chi connectivity index (χ1) is 16.8. The molecule has 0 aliphatic heterocycles. The van der Waals surface area contributed by atoms with Crippen molar-refractivity contribution < 1.29 is 18.3 Å². The monoisotopic (exact) mass is 494 g/mol. The normalized spacial score (nSPS) is 12.7. The molecule has 0 bridgehead atoms. The van der Waals surface area contributed by atoms with Crippen molar-refractivity contribution in [2.45, 2.75) is 30.8 Å². The first kappa shape index (κ1) is 24.7. The van der Waals surface area contributed by atoms with Gasteiger partial charge in [-0.3, -0.25) is 9.82 Å². The molecule has 35 heavy (non-hydrogen) atoms. The van der Waals surface area contributed by atoms with Gasteiger partial charge in [0, 0.05) is 30.2 Å². The van der Waals surface area contributed by atoms with E-state index in [0.717, 1.165) is 22.3 Å². The number of sulfonamides is 1. The molecule has 0 aliphatic carbocycles. The Morgan fingerprint density at radius 1 is 1.03 bits per heavy atom. The van der Waals surface area contributed by atoms with Gasteiger partial charge in [-0.25, -0.2) is 8.42 Å². The lowest BCUT2D eigenvalue weighted by Gasteiger charge is -2.15. The van der Waals surface area contributed by atoms with Crippen LogP contribution < -0.4 is 14.8 Å². The summed E-state index contributed by atoms with van der Waals surface area (Å²) in [5.74, 6) is 1.09. The number of hydrogen-bond acceptors (Lipinski definition) is 6. The number of ether oxygens (including phenoxy) is 1. The summed E-state index contributed by atoms with van der Waals surface area (Å²) in [7, 11) is -3.69. The number of nitrogens with zero attached hydrogens (tertiary/aromatic N) is 1. The van der Waals surface area contributed by atoms with E-state index in [1.165, 1.54) is 12.1 Å². The second kappa shape index (κ2) is 10.9. The molecule has 3 aromatic carbocycles. The Morgan fingerprint density at radius 3 is 2.60 bits per heavy atom. The molecule has 1 heterocycles. The number of benzene rings is 3. The summed E-state index contributed by atoms with van der Waals surface area (Å²) in [6.07, 6.45) is -0.799. The van der Waals surface area contributed by atoms with Gasteiger partial charge in [-0.2, -0.15) is 5.10 Å². The van der Waals surface area contributed by atoms with Gasteiger partial charge in [0.15, 0.2) is 0 Å². The second-order valence-corrected chi connectivity index (χ2v) is 10.3. The van der Waals surface area contributed by atoms with Crippen LogP contribution in [0.5, 0.6) is 5.75 Å². The van der Waals surface area contributed by atoms with Crippen molar-refractivity contribution in [3.8, 4) is 5.75 Å². The fourth-order valence-electron chi connectivity index (χ4n) is 3.77. The number of aliphatic hydroxyl groups is 1. The lowest BCUT2D eigenvalue weighted by atomic mass is 10.1. The van der Waals surface area contributed by atoms with Crippen LogP contribution in [0.15, 0.2) is 77.7 Å². The van der Waals surface area contributed by atoms with E-state index in [1.807, 2.05) is 18.2 Å². The number of rotatable bonds is 11. The van der Waals surface area contributed by atoms with Crippen LogP contribution in [0.3, 0.4) is 0 Å². The fraction of sp³-hybridized carbons (Fsp3) is 0.269. The van der Waals surface area contributed by atoms with E-state index in [0.29, 0.717) is 36.9 Å². The predicted octanol–water partition coefficient (Wildman–Crippen LogP) is 4.19. The van der Waals surface area contributed by atoms with Crippen molar-refractivity contribution in [2.75, 3.05) is 24.4 Å². The Hall–Kier alpha value is -3.40. The van der Waals surface area contributed by atoms with E-state index >= 15 is 0 Å². The minimum atomic E-state index is -3.69. The number of aliphatic hydroxyl groups excluding tert-OH is 1. The molecule has 0 aliphatic rings. The zero-order valence-corrected chi connectivity index (χ0v) is 20.5. The number of nitrogens with one attached hydrogen (secondary N) is 3. The van der Waals surface area contributed by atoms with Crippen LogP contribution in [0, 0.1) is 0 Å². The van der Waals surface area contributed by atoms with Gasteiger partial charge >= 0.3 is 0 Å². The molecule has 0 fully saturated rings. The molecule has 0 spiro atoms. The number of anilines is 1. The highest BCUT2D eigenvalue weighted by molar-refractivity contribution is 7.92. The summed E-state index contributed by atoms with van der Waals surface area (Å²) >= 11 is 0. The first-order valence-electron chi connectivity index (χ1n) is 11.5. The highest BCUT2D eigenvalue weighted by Crippen LogP contribution is 2.26. The molecule has 4 rings (SSSR count). The van der Waals surface area contributed by atoms with Crippen molar-refractivity contribution in [3.63, 3.8) is 0 Å². The molecule has 1 atom stereocenters. The maximum atomic E-state index is 12.5. The number of H-pyrrole nitrogens is 1. The van der Waals surface area contributed by atoms with E-state index in [1.54, 1.807) is 42.5 Å². The van der Waals surface area contributed by atoms with Crippen LogP contribution in [0.25, 0.3) is 10.9 Å². The summed E-state index contributed by atoms with van der Waals surface area (Å²) in [5.41, 5.74) is 2.98. The van der Waals surface area contributed by atoms with Crippen molar-refractivity contribution in [2.24, 2.45) is 0 Å². The molecule has 0 saturated heterocycles. The number of fused-ring (bicyclic) bond motifs is 1. The summed E-state index contributed by atoms with van der Waals surface area (Å²) in [6.45, 7) is 5.49. The average Bonchev–Trinajstić information content (AvgIpc) is 3.28. The molecule has 4 aromatic rings. The molecule has 0 radical (unpaired) electrons. The molecule has 8 nitrogen and oxygen atoms in total. The molecule has 4 N–H and O–H groups in total. The van der Waals surface area contributed by atoms with Gasteiger partial charge < -0.3 is 15.2 Å². The van der Waals surface area contributed by atoms with Gasteiger partial charge in [-0.15, -0.1) is 0 Å². The average molecular weight is 495 g/mol. The Morgan fingerprint density at radius 2 is 1.83 bits per heavy atom. The number of aromatic amines is 1. The second-order valence-electron chi connectivity index (χ2n) is 8.58. The van der Waals surface area contributed by atoms with Gasteiger partial charge in [0.2, 0.25) is 0 Å². The van der Waals surface area contributed by atoms with Crippen LogP contribution in [-0.4, -0.2) is 43.4 Å². The van der Waals surface area contributed by atoms with Crippen LogP contribution in [-0.2, 0) is 10.0 Å². The standard InChI is InChI=1S/C26H30N4O4S/c1-18(2)26-23-12-11-21(16-24(23)28-29-26)34-14-13-27-17-25(31)19-7-6-8-20(15-19)30-35(32,33)22-9-4-3-5-10-22/h3-12,15-16,18,25,27,30-31H,13-14,17H2,1-2H3,(H,28,29)/t25-/m0/s1. The maximum Gasteiger partial charge on any atom is 0.261 e. The van der Waals surface area contributed by atoms with Gasteiger partial charge in [0.1, 0.15) is 12.4 Å². The molecular weight excluding hydrogens is 464 g/mol. The third-order valence-corrected chi connectivity index (χ3v) is 6.97. The summed E-state index contributed by atoms with van der Waals surface area (Å²) in [4.78, 5) is 0.180. The molecule has 0 unspecified atom stereocenters. The van der Waals surface area contributed by atoms with Crippen LogP contribution in [0.1, 0.15) is 37.1 Å². The third kappa shape index (κ3) is 6.19. The largest absolute Gasteiger partial charge is 0.492 e. The Labute approximate surface area is 205 Å². The predicted molar refractivity (Wildman–Crippen MR) is 137 cm³/mol. The van der Waals surface area contributed by atoms with Crippen molar-refractivity contribution >= 4 is 26.6 Å². The van der Waals surface area contributed by atoms with E-state index in [4.69, 9.17) is 4.74 Å². The Balaban J connectivity index is 1.26. The highest BCUT2D eigenvalue weighted by Gasteiger charge is 2.15. The summed E-state index contributed by atoms with van der Waals surface area (Å²) < 4.78 is 33.5. The maximum absolute atomic E-state index is 12.5. The molecular formula is C26H30N4O4S. The van der Waals surface area contributed by atoms with Gasteiger partial charge in [0.05, 0.1) is 22.2 Å². The molecule has 0 amide bonds. The molecule has 0 saturated carbocycles. The summed E-state index contributed by atoms with van der Waals surface area (Å²) in [5, 5.41) is 22.2. The van der Waals surface area contributed by atoms with E-state index in [2.05, 4.69) is 34.1 Å². The number of aromatic nitrogens is 2. The number of hydrogen-bond donors (Lipinski definition) is 4. The van der Waals surface area contributed by atoms with E-state index < -0.39 is 16.1 Å². The SMILES string of the molecule is CC(C)c1n[nH]c2cc(OCCNC[C@H](O)c3cccc(NS(=O)(=O)c4ccccc4)c3)ccc12. The fourth-order valence-corrected chi connectivity index (χ4v) is 4.84. The zero-order valence-electron chi connectivity index (χ0n) is 19.7. The third-order valence-electron chi connectivity index (χ3n) is 5.57. The van der Waals surface area contributed by atoms with Crippen LogP contribution in [0.4, 0.5) is 5.69 Å². The minimum absolute atomic E-state index is 0.180. The van der Waals surface area contributed by atoms with Gasteiger partial charge in [-0.1, -0.05) is 44.2 Å². The lowest BCUT2D eigenvalue weighted by Crippen LogP contribution is -2.26. The quantitative estimate of drug-likeness (QED) is 0.232. The molecule has 1 aromatic heterocycles. The van der Waals surface area contributed by atoms with Gasteiger partial charge in [0.25, 0.3) is 10.0 Å². The lowest BCUT2D eigenvalue weighted by molar-refractivity contribution is 0.172. The highest BCUT2D eigenvalue weighted by atomic mass is 32.2. The van der Waals surface area contributed by atoms with Crippen molar-refractivity contribution in [1.82, 2.24) is 15.5 Å². The van der Waals surface area contributed by atoms with Gasteiger partial charge in [-0.05, 0) is 47.9 Å². The first-order valence-corrected chi connectivity index (χ1v) is 13.0. The zero-order chi connectivity index (χ0) is 24.8. The Kier molecular flexibility index (Phi) is 7.70. The summed E-state index contributed by atoms with van der Waals surface area (Å²) in [6, 6.07) is 20.8. The van der Waals surface area contributed by atoms with E-state index in [9.17, 15) is 13.5 Å². The van der Waals surface area contributed by atoms with Crippen LogP contribution >= 0.6 is 0 Å². The molecule has 184 valence electrons. The smallest absolute Gasteiger partial charge is 0.261 e. The topological polar surface area (TPSA) is 116 Å². The van der Waals surface area contributed by atoms with Crippen molar-refractivity contribution in [3.05, 3.63) is 84.1 Å².